The second-order valence-corrected chi connectivity index (χ2v) is 10.1. The van der Waals surface area contributed by atoms with E-state index in [9.17, 15) is 0 Å². The van der Waals surface area contributed by atoms with Crippen LogP contribution in [0.15, 0.2) is 41.3 Å². The number of nitrogens with zero attached hydrogens (tertiary/aromatic N) is 2. The highest BCUT2D eigenvalue weighted by Gasteiger charge is 2.24. The van der Waals surface area contributed by atoms with Crippen LogP contribution in [-0.4, -0.2) is 49.1 Å². The van der Waals surface area contributed by atoms with Crippen molar-refractivity contribution in [3.8, 4) is 22.8 Å². The smallest absolute Gasteiger partial charge is 0.120 e. The van der Waals surface area contributed by atoms with E-state index in [1.165, 1.54) is 84.4 Å². The highest BCUT2D eigenvalue weighted by Crippen LogP contribution is 2.44. The fraction of sp³-hybridized carbons (Fsp3) is 0.481. The summed E-state index contributed by atoms with van der Waals surface area (Å²) < 4.78 is 13.7. The quantitative estimate of drug-likeness (QED) is 0.380. The Morgan fingerprint density at radius 2 is 1.62 bits per heavy atom. The summed E-state index contributed by atoms with van der Waals surface area (Å²) in [6.07, 6.45) is 7.64. The van der Waals surface area contributed by atoms with Gasteiger partial charge in [0.2, 0.25) is 0 Å². The molecule has 2 aliphatic rings. The third-order valence-electron chi connectivity index (χ3n) is 6.98. The van der Waals surface area contributed by atoms with Crippen molar-refractivity contribution in [3.63, 3.8) is 0 Å². The predicted octanol–water partition coefficient (Wildman–Crippen LogP) is 6.24. The van der Waals surface area contributed by atoms with Crippen LogP contribution in [0.5, 0.6) is 11.5 Å². The lowest BCUT2D eigenvalue weighted by Gasteiger charge is -2.16. The molecule has 4 nitrogen and oxygen atoms in total. The van der Waals surface area contributed by atoms with Gasteiger partial charge in [-0.1, -0.05) is 6.42 Å². The van der Waals surface area contributed by atoms with E-state index in [1.807, 2.05) is 11.8 Å². The topological polar surface area (TPSA) is 26.6 Å². The minimum absolute atomic E-state index is 0.936. The summed E-state index contributed by atoms with van der Waals surface area (Å²) in [5.41, 5.74) is 5.54. The Morgan fingerprint density at radius 1 is 0.875 bits per heavy atom. The average Bonchev–Trinajstić information content (AvgIpc) is 3.40. The summed E-state index contributed by atoms with van der Waals surface area (Å²) in [6, 6.07) is 13.2. The lowest BCUT2D eigenvalue weighted by atomic mass is 10.0. The number of methoxy groups -OCH3 is 2. The van der Waals surface area contributed by atoms with Gasteiger partial charge in [-0.05, 0) is 93.7 Å². The summed E-state index contributed by atoms with van der Waals surface area (Å²) in [4.78, 5) is 3.96. The Bertz CT molecular complexity index is 1080. The van der Waals surface area contributed by atoms with E-state index in [0.717, 1.165) is 30.2 Å². The van der Waals surface area contributed by atoms with Gasteiger partial charge in [-0.3, -0.25) is 0 Å². The van der Waals surface area contributed by atoms with Crippen LogP contribution in [-0.2, 0) is 13.0 Å². The van der Waals surface area contributed by atoms with Crippen LogP contribution in [0, 0.1) is 0 Å². The molecule has 170 valence electrons. The van der Waals surface area contributed by atoms with Crippen LogP contribution in [0.2, 0.25) is 0 Å². The Hall–Kier alpha value is -2.11. The average molecular weight is 451 g/mol. The fourth-order valence-electron chi connectivity index (χ4n) is 5.32. The molecule has 0 bridgehead atoms. The molecule has 0 amide bonds. The molecule has 32 heavy (non-hydrogen) atoms. The molecule has 1 aromatic heterocycles. The van der Waals surface area contributed by atoms with Crippen molar-refractivity contribution < 1.29 is 9.47 Å². The van der Waals surface area contributed by atoms with Gasteiger partial charge in [0.1, 0.15) is 11.5 Å². The standard InChI is InChI=1S/C27H34N2O2S/c1-30-20-9-11-25-24(18-20)22-12-17-32-26-19-21(31-2)8-10-23(26)27(22)29(25)16-5-3-4-13-28-14-6-7-15-28/h8-11,18-19H,3-7,12-17H2,1-2H3. The second-order valence-electron chi connectivity index (χ2n) is 8.93. The van der Waals surface area contributed by atoms with E-state index in [4.69, 9.17) is 9.47 Å². The minimum atomic E-state index is 0.936. The number of likely N-dealkylation sites (tertiary alicyclic amines) is 1. The normalized spacial score (nSPS) is 16.1. The van der Waals surface area contributed by atoms with E-state index < -0.39 is 0 Å². The van der Waals surface area contributed by atoms with Crippen LogP contribution in [0.25, 0.3) is 22.2 Å². The first-order valence-corrected chi connectivity index (χ1v) is 13.0. The molecule has 2 aliphatic heterocycles. The molecular formula is C27H34N2O2S. The second kappa shape index (κ2) is 9.80. The highest BCUT2D eigenvalue weighted by molar-refractivity contribution is 7.99. The molecule has 0 aliphatic carbocycles. The van der Waals surface area contributed by atoms with Crippen LogP contribution in [0.1, 0.15) is 37.7 Å². The summed E-state index contributed by atoms with van der Waals surface area (Å²) >= 11 is 1.94. The van der Waals surface area contributed by atoms with E-state index in [1.54, 1.807) is 14.2 Å². The van der Waals surface area contributed by atoms with Gasteiger partial charge < -0.3 is 18.9 Å². The Balaban J connectivity index is 1.47. The van der Waals surface area contributed by atoms with Gasteiger partial charge >= 0.3 is 0 Å². The minimum Gasteiger partial charge on any atom is -0.497 e. The van der Waals surface area contributed by atoms with Gasteiger partial charge in [0.25, 0.3) is 0 Å². The first-order chi connectivity index (χ1) is 15.8. The lowest BCUT2D eigenvalue weighted by molar-refractivity contribution is 0.327. The molecule has 0 radical (unpaired) electrons. The van der Waals surface area contributed by atoms with Gasteiger partial charge in [0.15, 0.2) is 0 Å². The summed E-state index contributed by atoms with van der Waals surface area (Å²) in [5.74, 6) is 2.96. The molecule has 5 rings (SSSR count). The Labute approximate surface area is 195 Å². The first-order valence-electron chi connectivity index (χ1n) is 12.0. The molecule has 3 aromatic rings. The third-order valence-corrected chi connectivity index (χ3v) is 8.04. The number of benzene rings is 2. The zero-order valence-corrected chi connectivity index (χ0v) is 20.2. The van der Waals surface area contributed by atoms with E-state index in [0.29, 0.717) is 0 Å². The predicted molar refractivity (Wildman–Crippen MR) is 134 cm³/mol. The SMILES string of the molecule is COc1ccc2c(c1)SCCc1c-2n(CCCCCN2CCCC2)c2ccc(OC)cc12. The number of fused-ring (bicyclic) bond motifs is 5. The zero-order chi connectivity index (χ0) is 21.9. The molecule has 1 saturated heterocycles. The number of rotatable bonds is 8. The first kappa shape index (κ1) is 21.7. The van der Waals surface area contributed by atoms with E-state index >= 15 is 0 Å². The Morgan fingerprint density at radius 3 is 2.44 bits per heavy atom. The van der Waals surface area contributed by atoms with E-state index in [2.05, 4.69) is 45.9 Å². The van der Waals surface area contributed by atoms with Crippen LogP contribution in [0.4, 0.5) is 0 Å². The van der Waals surface area contributed by atoms with Crippen molar-refractivity contribution in [2.45, 2.75) is 50.0 Å². The van der Waals surface area contributed by atoms with Crippen molar-refractivity contribution in [1.82, 2.24) is 9.47 Å². The molecule has 5 heteroatoms. The van der Waals surface area contributed by atoms with Crippen molar-refractivity contribution in [2.75, 3.05) is 39.6 Å². The molecule has 0 N–H and O–H groups in total. The number of hydrogen-bond donors (Lipinski definition) is 0. The molecule has 0 spiro atoms. The lowest BCUT2D eigenvalue weighted by Crippen LogP contribution is -2.20. The molecule has 2 aromatic carbocycles. The largest absolute Gasteiger partial charge is 0.497 e. The molecule has 0 atom stereocenters. The monoisotopic (exact) mass is 450 g/mol. The maximum Gasteiger partial charge on any atom is 0.120 e. The summed E-state index contributed by atoms with van der Waals surface area (Å²) in [7, 11) is 3.51. The van der Waals surface area contributed by atoms with Crippen molar-refractivity contribution >= 4 is 22.7 Å². The number of thioether (sulfide) groups is 1. The number of unbranched alkanes of at least 4 members (excludes halogenated alkanes) is 2. The van der Waals surface area contributed by atoms with Crippen molar-refractivity contribution in [1.29, 1.82) is 0 Å². The number of aromatic nitrogens is 1. The molecule has 3 heterocycles. The van der Waals surface area contributed by atoms with Crippen LogP contribution in [0.3, 0.4) is 0 Å². The van der Waals surface area contributed by atoms with E-state index in [-0.39, 0.29) is 0 Å². The van der Waals surface area contributed by atoms with Gasteiger partial charge in [0, 0.05) is 33.7 Å². The van der Waals surface area contributed by atoms with Crippen LogP contribution >= 0.6 is 11.8 Å². The van der Waals surface area contributed by atoms with Crippen LogP contribution < -0.4 is 9.47 Å². The van der Waals surface area contributed by atoms with Crippen molar-refractivity contribution in [3.05, 3.63) is 42.0 Å². The number of aryl methyl sites for hydroxylation is 2. The maximum atomic E-state index is 5.58. The highest BCUT2D eigenvalue weighted by atomic mass is 32.2. The number of hydrogen-bond acceptors (Lipinski definition) is 4. The molecule has 0 unspecified atom stereocenters. The fourth-order valence-corrected chi connectivity index (χ4v) is 6.37. The summed E-state index contributed by atoms with van der Waals surface area (Å²) in [6.45, 7) is 4.93. The van der Waals surface area contributed by atoms with Gasteiger partial charge in [-0.2, -0.15) is 0 Å². The summed E-state index contributed by atoms with van der Waals surface area (Å²) in [5, 5.41) is 1.35. The van der Waals surface area contributed by atoms with Gasteiger partial charge in [-0.15, -0.1) is 11.8 Å². The third kappa shape index (κ3) is 4.25. The molecular weight excluding hydrogens is 416 g/mol. The molecule has 0 saturated carbocycles. The van der Waals surface area contributed by atoms with Crippen molar-refractivity contribution in [2.24, 2.45) is 0 Å². The zero-order valence-electron chi connectivity index (χ0n) is 19.4. The number of ether oxygens (including phenoxy) is 2. The Kier molecular flexibility index (Phi) is 6.65. The maximum absolute atomic E-state index is 5.58. The molecule has 1 fully saturated rings. The van der Waals surface area contributed by atoms with Gasteiger partial charge in [-0.25, -0.2) is 0 Å². The van der Waals surface area contributed by atoms with Gasteiger partial charge in [0.05, 0.1) is 19.9 Å².